The minimum absolute atomic E-state index is 0.0764. The van der Waals surface area contributed by atoms with Crippen molar-refractivity contribution in [2.24, 2.45) is 5.73 Å². The Kier molecular flexibility index (Phi) is 5.63. The molecule has 0 saturated heterocycles. The summed E-state index contributed by atoms with van der Waals surface area (Å²) in [6, 6.07) is 5.81. The monoisotopic (exact) mass is 235 g/mol. The van der Waals surface area contributed by atoms with E-state index < -0.39 is 0 Å². The van der Waals surface area contributed by atoms with Crippen LogP contribution in [-0.2, 0) is 11.3 Å². The number of nitrogens with two attached hydrogens (primary N) is 1. The van der Waals surface area contributed by atoms with E-state index >= 15 is 0 Å². The fourth-order valence-corrected chi connectivity index (χ4v) is 1.57. The zero-order chi connectivity index (χ0) is 12.7. The summed E-state index contributed by atoms with van der Waals surface area (Å²) in [5.41, 5.74) is 6.57. The normalized spacial score (nSPS) is 12.2. The van der Waals surface area contributed by atoms with E-state index in [1.54, 1.807) is 6.20 Å². The number of carbonyl (C=O) groups excluding carboxylic acids is 1. The Morgan fingerprint density at radius 3 is 2.82 bits per heavy atom. The van der Waals surface area contributed by atoms with Gasteiger partial charge in [0.2, 0.25) is 5.91 Å². The fourth-order valence-electron chi connectivity index (χ4n) is 1.57. The molecule has 0 aliphatic rings. The van der Waals surface area contributed by atoms with Gasteiger partial charge in [-0.05, 0) is 32.4 Å². The molecule has 0 spiro atoms. The van der Waals surface area contributed by atoms with Gasteiger partial charge < -0.3 is 10.6 Å². The zero-order valence-electron chi connectivity index (χ0n) is 10.6. The van der Waals surface area contributed by atoms with Crippen LogP contribution < -0.4 is 5.73 Å². The van der Waals surface area contributed by atoms with Crippen molar-refractivity contribution in [1.82, 2.24) is 9.88 Å². The summed E-state index contributed by atoms with van der Waals surface area (Å²) in [6.45, 7) is 5.18. The van der Waals surface area contributed by atoms with Crippen molar-refractivity contribution >= 4 is 5.91 Å². The number of hydrogen-bond acceptors (Lipinski definition) is 3. The smallest absolute Gasteiger partial charge is 0.222 e. The summed E-state index contributed by atoms with van der Waals surface area (Å²) in [5, 5.41) is 0. The number of hydrogen-bond donors (Lipinski definition) is 1. The van der Waals surface area contributed by atoms with Crippen LogP contribution in [0.15, 0.2) is 24.4 Å². The van der Waals surface area contributed by atoms with E-state index in [0.29, 0.717) is 19.5 Å². The molecule has 1 amide bonds. The highest BCUT2D eigenvalue weighted by atomic mass is 16.2. The Morgan fingerprint density at radius 1 is 1.53 bits per heavy atom. The highest BCUT2D eigenvalue weighted by Gasteiger charge is 2.12. The minimum Gasteiger partial charge on any atom is -0.337 e. The molecule has 0 radical (unpaired) electrons. The van der Waals surface area contributed by atoms with E-state index in [1.165, 1.54) is 0 Å². The van der Waals surface area contributed by atoms with Crippen LogP contribution in [0.5, 0.6) is 0 Å². The van der Waals surface area contributed by atoms with Crippen molar-refractivity contribution in [2.75, 3.05) is 6.54 Å². The lowest BCUT2D eigenvalue weighted by Crippen LogP contribution is -2.31. The SMILES string of the molecule is CCN(Cc1ccccn1)C(=O)CCC(C)N. The summed E-state index contributed by atoms with van der Waals surface area (Å²) in [7, 11) is 0. The van der Waals surface area contributed by atoms with Gasteiger partial charge in [0, 0.05) is 25.2 Å². The molecule has 1 aromatic rings. The van der Waals surface area contributed by atoms with Gasteiger partial charge in [-0.2, -0.15) is 0 Å². The highest BCUT2D eigenvalue weighted by Crippen LogP contribution is 2.05. The van der Waals surface area contributed by atoms with Gasteiger partial charge >= 0.3 is 0 Å². The molecule has 4 nitrogen and oxygen atoms in total. The first kappa shape index (κ1) is 13.6. The molecule has 1 heterocycles. The molecule has 2 N–H and O–H groups in total. The highest BCUT2D eigenvalue weighted by molar-refractivity contribution is 5.76. The molecule has 1 atom stereocenters. The molecule has 94 valence electrons. The summed E-state index contributed by atoms with van der Waals surface area (Å²) in [5.74, 6) is 0.149. The van der Waals surface area contributed by atoms with Crippen molar-refractivity contribution in [3.05, 3.63) is 30.1 Å². The van der Waals surface area contributed by atoms with E-state index in [4.69, 9.17) is 5.73 Å². The Bertz CT molecular complexity index is 338. The maximum absolute atomic E-state index is 11.9. The zero-order valence-corrected chi connectivity index (χ0v) is 10.6. The third-order valence-corrected chi connectivity index (χ3v) is 2.63. The number of nitrogens with zero attached hydrogens (tertiary/aromatic N) is 2. The summed E-state index contributed by atoms with van der Waals surface area (Å²) in [6.07, 6.45) is 2.99. The number of carbonyl (C=O) groups is 1. The van der Waals surface area contributed by atoms with Crippen LogP contribution in [0.1, 0.15) is 32.4 Å². The van der Waals surface area contributed by atoms with Gasteiger partial charge in [0.25, 0.3) is 0 Å². The summed E-state index contributed by atoms with van der Waals surface area (Å²) >= 11 is 0. The van der Waals surface area contributed by atoms with Crippen molar-refractivity contribution in [3.63, 3.8) is 0 Å². The van der Waals surface area contributed by atoms with Gasteiger partial charge in [-0.1, -0.05) is 6.07 Å². The van der Waals surface area contributed by atoms with E-state index in [1.807, 2.05) is 36.9 Å². The molecule has 1 aromatic heterocycles. The average Bonchev–Trinajstić information content (AvgIpc) is 2.34. The van der Waals surface area contributed by atoms with Crippen LogP contribution >= 0.6 is 0 Å². The molecule has 0 bridgehead atoms. The van der Waals surface area contributed by atoms with Gasteiger partial charge in [-0.3, -0.25) is 9.78 Å². The van der Waals surface area contributed by atoms with Crippen LogP contribution in [0.25, 0.3) is 0 Å². The van der Waals surface area contributed by atoms with Crippen molar-refractivity contribution in [2.45, 2.75) is 39.3 Å². The largest absolute Gasteiger partial charge is 0.337 e. The fraction of sp³-hybridized carbons (Fsp3) is 0.538. The maximum atomic E-state index is 11.9. The minimum atomic E-state index is 0.0764. The lowest BCUT2D eigenvalue weighted by Gasteiger charge is -2.20. The van der Waals surface area contributed by atoms with Gasteiger partial charge in [0.1, 0.15) is 0 Å². The van der Waals surface area contributed by atoms with Crippen LogP contribution in [0, 0.1) is 0 Å². The number of pyridine rings is 1. The Labute approximate surface area is 103 Å². The molecule has 0 aliphatic heterocycles. The molecule has 1 rings (SSSR count). The molecule has 4 heteroatoms. The van der Waals surface area contributed by atoms with Gasteiger partial charge in [-0.25, -0.2) is 0 Å². The number of amides is 1. The van der Waals surface area contributed by atoms with Gasteiger partial charge in [0.05, 0.1) is 12.2 Å². The second-order valence-electron chi connectivity index (χ2n) is 4.24. The van der Waals surface area contributed by atoms with Crippen LogP contribution in [-0.4, -0.2) is 28.4 Å². The van der Waals surface area contributed by atoms with E-state index in [0.717, 1.165) is 12.1 Å². The third-order valence-electron chi connectivity index (χ3n) is 2.63. The van der Waals surface area contributed by atoms with E-state index in [2.05, 4.69) is 4.98 Å². The van der Waals surface area contributed by atoms with Crippen LogP contribution in [0.4, 0.5) is 0 Å². The van der Waals surface area contributed by atoms with Crippen molar-refractivity contribution in [3.8, 4) is 0 Å². The molecule has 0 saturated carbocycles. The molecule has 1 unspecified atom stereocenters. The summed E-state index contributed by atoms with van der Waals surface area (Å²) < 4.78 is 0. The predicted molar refractivity (Wildman–Crippen MR) is 68.2 cm³/mol. The maximum Gasteiger partial charge on any atom is 0.222 e. The van der Waals surface area contributed by atoms with E-state index in [-0.39, 0.29) is 11.9 Å². The van der Waals surface area contributed by atoms with E-state index in [9.17, 15) is 4.79 Å². The van der Waals surface area contributed by atoms with Crippen molar-refractivity contribution < 1.29 is 4.79 Å². The first-order valence-electron chi connectivity index (χ1n) is 6.06. The lowest BCUT2D eigenvalue weighted by atomic mass is 10.2. The van der Waals surface area contributed by atoms with Gasteiger partial charge in [-0.15, -0.1) is 0 Å². The van der Waals surface area contributed by atoms with Gasteiger partial charge in [0.15, 0.2) is 0 Å². The quantitative estimate of drug-likeness (QED) is 0.814. The Hall–Kier alpha value is -1.42. The number of rotatable bonds is 6. The standard InChI is InChI=1S/C13H21N3O/c1-3-16(13(17)8-7-11(2)14)10-12-6-4-5-9-15-12/h4-6,9,11H,3,7-8,10,14H2,1-2H3. The molecule has 0 aliphatic carbocycles. The van der Waals surface area contributed by atoms with Crippen molar-refractivity contribution in [1.29, 1.82) is 0 Å². The average molecular weight is 235 g/mol. The Balaban J connectivity index is 2.51. The topological polar surface area (TPSA) is 59.2 Å². The molecule has 17 heavy (non-hydrogen) atoms. The Morgan fingerprint density at radius 2 is 2.29 bits per heavy atom. The third kappa shape index (κ3) is 4.95. The molecule has 0 aromatic carbocycles. The second kappa shape index (κ2) is 7.01. The number of aromatic nitrogens is 1. The second-order valence-corrected chi connectivity index (χ2v) is 4.24. The first-order valence-corrected chi connectivity index (χ1v) is 6.06. The van der Waals surface area contributed by atoms with Crippen LogP contribution in [0.2, 0.25) is 0 Å². The lowest BCUT2D eigenvalue weighted by molar-refractivity contribution is -0.131. The summed E-state index contributed by atoms with van der Waals surface area (Å²) in [4.78, 5) is 18.0. The molecule has 0 fully saturated rings. The molecular weight excluding hydrogens is 214 g/mol. The predicted octanol–water partition coefficient (Wildman–Crippen LogP) is 1.56. The van der Waals surface area contributed by atoms with Crippen LogP contribution in [0.3, 0.4) is 0 Å². The first-order chi connectivity index (χ1) is 8.13. The molecular formula is C13H21N3O.